The number of nitrogens with zero attached hydrogens (tertiary/aromatic N) is 3. The number of carbonyl (C=O) groups excluding carboxylic acids is 2. The third kappa shape index (κ3) is 6.44. The molecule has 1 aromatic carbocycles. The van der Waals surface area contributed by atoms with E-state index in [1.54, 1.807) is 26.0 Å². The normalized spacial score (nSPS) is 17.4. The van der Waals surface area contributed by atoms with Crippen LogP contribution in [0.5, 0.6) is 5.75 Å². The van der Waals surface area contributed by atoms with Crippen LogP contribution < -0.4 is 15.4 Å². The second-order valence-corrected chi connectivity index (χ2v) is 9.14. The summed E-state index contributed by atoms with van der Waals surface area (Å²) in [6.07, 6.45) is 4.75. The van der Waals surface area contributed by atoms with Gasteiger partial charge in [-0.05, 0) is 68.7 Å². The van der Waals surface area contributed by atoms with Crippen LogP contribution >= 0.6 is 0 Å². The van der Waals surface area contributed by atoms with Gasteiger partial charge in [0.05, 0.1) is 12.8 Å². The molecule has 0 spiro atoms. The van der Waals surface area contributed by atoms with Gasteiger partial charge in [-0.3, -0.25) is 9.59 Å². The number of halogens is 1. The Hall–Kier alpha value is -3.82. The van der Waals surface area contributed by atoms with Crippen LogP contribution in [-0.4, -0.2) is 40.1 Å². The molecule has 1 aliphatic rings. The minimum atomic E-state index is -0.465. The maximum absolute atomic E-state index is 13.6. The van der Waals surface area contributed by atoms with Crippen molar-refractivity contribution in [2.24, 2.45) is 5.92 Å². The van der Waals surface area contributed by atoms with Crippen molar-refractivity contribution in [3.8, 4) is 17.2 Å². The topological polar surface area (TPSA) is 119 Å². The Kier molecular flexibility index (Phi) is 7.92. The zero-order valence-corrected chi connectivity index (χ0v) is 20.6. The van der Waals surface area contributed by atoms with Crippen molar-refractivity contribution in [1.29, 1.82) is 0 Å². The van der Waals surface area contributed by atoms with Gasteiger partial charge < -0.3 is 19.9 Å². The van der Waals surface area contributed by atoms with E-state index in [1.165, 1.54) is 19.2 Å². The highest BCUT2D eigenvalue weighted by molar-refractivity contribution is 5.93. The number of hydrogen-bond donors (Lipinski definition) is 2. The van der Waals surface area contributed by atoms with Crippen molar-refractivity contribution in [2.45, 2.75) is 58.5 Å². The maximum atomic E-state index is 13.6. The molecule has 0 aliphatic heterocycles. The maximum Gasteiger partial charge on any atom is 0.270 e. The van der Waals surface area contributed by atoms with E-state index in [2.05, 4.69) is 25.8 Å². The fraction of sp³-hybridized carbons (Fsp3) is 0.423. The summed E-state index contributed by atoms with van der Waals surface area (Å²) >= 11 is 0. The van der Waals surface area contributed by atoms with Crippen molar-refractivity contribution < 1.29 is 23.2 Å². The number of ether oxygens (including phenoxy) is 1. The molecule has 2 amide bonds. The van der Waals surface area contributed by atoms with E-state index in [-0.39, 0.29) is 35.8 Å². The average molecular weight is 496 g/mol. The first-order valence-corrected chi connectivity index (χ1v) is 12.0. The van der Waals surface area contributed by atoms with E-state index in [1.807, 2.05) is 6.07 Å². The first-order chi connectivity index (χ1) is 17.3. The van der Waals surface area contributed by atoms with Crippen LogP contribution in [0.25, 0.3) is 11.5 Å². The molecule has 36 heavy (non-hydrogen) atoms. The average Bonchev–Trinajstić information content (AvgIpc) is 3.32. The number of benzene rings is 1. The molecule has 190 valence electrons. The highest BCUT2D eigenvalue weighted by Gasteiger charge is 2.23. The molecule has 2 N–H and O–H groups in total. The summed E-state index contributed by atoms with van der Waals surface area (Å²) in [6.45, 7) is 3.44. The van der Waals surface area contributed by atoms with Gasteiger partial charge in [-0.25, -0.2) is 14.4 Å². The summed E-state index contributed by atoms with van der Waals surface area (Å²) in [5.41, 5.74) is 2.20. The predicted molar refractivity (Wildman–Crippen MR) is 130 cm³/mol. The summed E-state index contributed by atoms with van der Waals surface area (Å²) in [5, 5.41) is 9.99. The molecule has 0 radical (unpaired) electrons. The monoisotopic (exact) mass is 495 g/mol. The molecular weight excluding hydrogens is 465 g/mol. The highest BCUT2D eigenvalue weighted by atomic mass is 19.1. The van der Waals surface area contributed by atoms with Gasteiger partial charge in [0.1, 0.15) is 17.2 Å². The smallest absolute Gasteiger partial charge is 0.270 e. The van der Waals surface area contributed by atoms with E-state index in [0.29, 0.717) is 28.8 Å². The molecule has 1 fully saturated rings. The Morgan fingerprint density at radius 1 is 1.14 bits per heavy atom. The van der Waals surface area contributed by atoms with E-state index in [4.69, 9.17) is 9.26 Å². The SMILES string of the molecule is COc1cc(CNC(=O)c2cc(-c3cc(CC4CCC(NC(C)=O)CC4)no3)nc(C)n2)ccc1F. The molecule has 0 saturated heterocycles. The number of amides is 2. The summed E-state index contributed by atoms with van der Waals surface area (Å²) in [5.74, 6) is 0.655. The van der Waals surface area contributed by atoms with Crippen molar-refractivity contribution in [1.82, 2.24) is 25.8 Å². The Morgan fingerprint density at radius 2 is 1.92 bits per heavy atom. The Labute approximate surface area is 208 Å². The minimum Gasteiger partial charge on any atom is -0.494 e. The van der Waals surface area contributed by atoms with Crippen molar-refractivity contribution in [3.63, 3.8) is 0 Å². The molecule has 10 heteroatoms. The zero-order chi connectivity index (χ0) is 25.7. The molecule has 1 aliphatic carbocycles. The number of hydrogen-bond acceptors (Lipinski definition) is 7. The molecule has 1 saturated carbocycles. The molecule has 0 bridgehead atoms. The number of methoxy groups -OCH3 is 1. The van der Waals surface area contributed by atoms with Gasteiger partial charge in [0, 0.05) is 25.6 Å². The molecule has 4 rings (SSSR count). The van der Waals surface area contributed by atoms with Gasteiger partial charge in [0.15, 0.2) is 17.3 Å². The molecule has 2 aromatic heterocycles. The highest BCUT2D eigenvalue weighted by Crippen LogP contribution is 2.28. The van der Waals surface area contributed by atoms with Crippen LogP contribution in [-0.2, 0) is 17.8 Å². The third-order valence-electron chi connectivity index (χ3n) is 6.30. The number of aromatic nitrogens is 3. The van der Waals surface area contributed by atoms with E-state index >= 15 is 0 Å². The Morgan fingerprint density at radius 3 is 2.64 bits per heavy atom. The third-order valence-corrected chi connectivity index (χ3v) is 6.30. The van der Waals surface area contributed by atoms with Crippen LogP contribution in [0, 0.1) is 18.7 Å². The predicted octanol–water partition coefficient (Wildman–Crippen LogP) is 3.76. The van der Waals surface area contributed by atoms with E-state index in [9.17, 15) is 14.0 Å². The summed E-state index contributed by atoms with van der Waals surface area (Å²) in [4.78, 5) is 32.7. The van der Waals surface area contributed by atoms with Crippen molar-refractivity contribution >= 4 is 11.8 Å². The van der Waals surface area contributed by atoms with Gasteiger partial charge >= 0.3 is 0 Å². The second kappa shape index (κ2) is 11.3. The first kappa shape index (κ1) is 25.3. The quantitative estimate of drug-likeness (QED) is 0.488. The molecule has 9 nitrogen and oxygen atoms in total. The van der Waals surface area contributed by atoms with Crippen LogP contribution in [0.15, 0.2) is 34.9 Å². The minimum absolute atomic E-state index is 0.0171. The molecule has 3 aromatic rings. The van der Waals surface area contributed by atoms with E-state index < -0.39 is 5.82 Å². The molecule has 0 atom stereocenters. The zero-order valence-electron chi connectivity index (χ0n) is 20.6. The number of carbonyl (C=O) groups is 2. The van der Waals surface area contributed by atoms with Crippen LogP contribution in [0.4, 0.5) is 4.39 Å². The fourth-order valence-electron chi connectivity index (χ4n) is 4.52. The molecule has 0 unspecified atom stereocenters. The fourth-order valence-corrected chi connectivity index (χ4v) is 4.52. The Balaban J connectivity index is 1.38. The standard InChI is InChI=1S/C26H30FN5O4/c1-15-29-22(13-23(30-15)26(34)28-14-18-6-9-21(27)24(11-18)35-3)25-12-20(32-36-25)10-17-4-7-19(8-5-17)31-16(2)33/h6,9,11-13,17,19H,4-5,7-8,10,14H2,1-3H3,(H,28,34)(H,31,33). The van der Waals surface area contributed by atoms with Gasteiger partial charge in [-0.2, -0.15) is 0 Å². The van der Waals surface area contributed by atoms with E-state index in [0.717, 1.165) is 37.8 Å². The molecule has 2 heterocycles. The lowest BCUT2D eigenvalue weighted by Crippen LogP contribution is -2.36. The lowest BCUT2D eigenvalue weighted by Gasteiger charge is -2.28. The van der Waals surface area contributed by atoms with Gasteiger partial charge in [-0.15, -0.1) is 0 Å². The van der Waals surface area contributed by atoms with Crippen molar-refractivity contribution in [3.05, 3.63) is 58.9 Å². The largest absolute Gasteiger partial charge is 0.494 e. The van der Waals surface area contributed by atoms with Crippen LogP contribution in [0.3, 0.4) is 0 Å². The van der Waals surface area contributed by atoms with Crippen LogP contribution in [0.2, 0.25) is 0 Å². The van der Waals surface area contributed by atoms with Gasteiger partial charge in [0.2, 0.25) is 5.91 Å². The lowest BCUT2D eigenvalue weighted by molar-refractivity contribution is -0.119. The summed E-state index contributed by atoms with van der Waals surface area (Å²) in [7, 11) is 1.39. The number of nitrogens with one attached hydrogen (secondary N) is 2. The molecular formula is C26H30FN5O4. The number of rotatable bonds is 8. The lowest BCUT2D eigenvalue weighted by atomic mass is 9.83. The van der Waals surface area contributed by atoms with Crippen molar-refractivity contribution in [2.75, 3.05) is 7.11 Å². The first-order valence-electron chi connectivity index (χ1n) is 12.0. The second-order valence-electron chi connectivity index (χ2n) is 9.14. The van der Waals surface area contributed by atoms with Gasteiger partial charge in [-0.1, -0.05) is 11.2 Å². The van der Waals surface area contributed by atoms with Gasteiger partial charge in [0.25, 0.3) is 5.91 Å². The van der Waals surface area contributed by atoms with Crippen LogP contribution in [0.1, 0.15) is 60.2 Å². The number of aryl methyl sites for hydroxylation is 1. The summed E-state index contributed by atoms with van der Waals surface area (Å²) < 4.78 is 24.1. The Bertz CT molecular complexity index is 1240. The summed E-state index contributed by atoms with van der Waals surface area (Å²) in [6, 6.07) is 8.09.